The quantitative estimate of drug-likeness (QED) is 0.530. The molecule has 0 unspecified atom stereocenters. The Hall–Kier alpha value is -3.85. The number of hydrogen-bond acceptors (Lipinski definition) is 5. The normalized spacial score (nSPS) is 12.7. The minimum absolute atomic E-state index is 0.228. The van der Waals surface area contributed by atoms with Crippen molar-refractivity contribution in [2.75, 3.05) is 28.1 Å². The van der Waals surface area contributed by atoms with Gasteiger partial charge in [-0.05, 0) is 61.4 Å². The van der Waals surface area contributed by atoms with E-state index in [1.807, 2.05) is 0 Å². The van der Waals surface area contributed by atoms with E-state index in [0.717, 1.165) is 5.56 Å². The lowest BCUT2D eigenvalue weighted by Crippen LogP contribution is -2.29. The van der Waals surface area contributed by atoms with Crippen molar-refractivity contribution >= 4 is 39.1 Å². The molecule has 1 heterocycles. The lowest BCUT2D eigenvalue weighted by Gasteiger charge is -2.20. The highest BCUT2D eigenvalue weighted by Gasteiger charge is 2.30. The summed E-state index contributed by atoms with van der Waals surface area (Å²) in [6.45, 7) is 2.27. The third kappa shape index (κ3) is 4.68. The van der Waals surface area contributed by atoms with Crippen molar-refractivity contribution in [3.8, 4) is 0 Å². The van der Waals surface area contributed by atoms with Gasteiger partial charge in [0.2, 0.25) is 0 Å². The fourth-order valence-electron chi connectivity index (χ4n) is 3.68. The highest BCUT2D eigenvalue weighted by molar-refractivity contribution is 7.92. The second kappa shape index (κ2) is 9.33. The molecule has 1 aliphatic rings. The highest BCUT2D eigenvalue weighted by Crippen LogP contribution is 2.34. The number of nitrogens with one attached hydrogen (secondary N) is 2. The molecule has 0 fully saturated rings. The zero-order valence-corrected chi connectivity index (χ0v) is 18.8. The summed E-state index contributed by atoms with van der Waals surface area (Å²) in [6.07, 6.45) is 0.532. The van der Waals surface area contributed by atoms with E-state index >= 15 is 0 Å². The maximum atomic E-state index is 13.0. The fourth-order valence-corrected chi connectivity index (χ4v) is 5.21. The molecule has 0 aromatic heterocycles. The number of carbonyl (C=O) groups excluding carboxylic acids is 2. The lowest BCUT2D eigenvalue weighted by molar-refractivity contribution is 0.0527. The van der Waals surface area contributed by atoms with Gasteiger partial charge in [-0.15, -0.1) is 0 Å². The molecule has 0 saturated carbocycles. The Bertz CT molecular complexity index is 1290. The number of benzene rings is 3. The van der Waals surface area contributed by atoms with Crippen LogP contribution in [-0.2, 0) is 21.2 Å². The van der Waals surface area contributed by atoms with Crippen LogP contribution < -0.4 is 14.9 Å². The predicted octanol–water partition coefficient (Wildman–Crippen LogP) is 4.26. The zero-order valence-electron chi connectivity index (χ0n) is 17.9. The van der Waals surface area contributed by atoms with Gasteiger partial charge in [-0.2, -0.15) is 0 Å². The van der Waals surface area contributed by atoms with Gasteiger partial charge in [0.1, 0.15) is 0 Å². The number of esters is 1. The third-order valence-corrected chi connectivity index (χ3v) is 7.02. The molecule has 0 spiro atoms. The highest BCUT2D eigenvalue weighted by atomic mass is 32.2. The molecular formula is C24H23N3O5S. The first-order chi connectivity index (χ1) is 15.9. The molecule has 0 aliphatic carbocycles. The van der Waals surface area contributed by atoms with Crippen LogP contribution in [0, 0.1) is 0 Å². The van der Waals surface area contributed by atoms with Gasteiger partial charge in [-0.25, -0.2) is 18.0 Å². The van der Waals surface area contributed by atoms with Crippen LogP contribution in [-0.4, -0.2) is 33.6 Å². The van der Waals surface area contributed by atoms with E-state index in [4.69, 9.17) is 4.74 Å². The van der Waals surface area contributed by atoms with Gasteiger partial charge in [0.25, 0.3) is 10.0 Å². The minimum Gasteiger partial charge on any atom is -0.462 e. The molecule has 170 valence electrons. The van der Waals surface area contributed by atoms with Crippen LogP contribution in [0.2, 0.25) is 0 Å². The Morgan fingerprint density at radius 2 is 1.70 bits per heavy atom. The number of urea groups is 1. The van der Waals surface area contributed by atoms with E-state index in [1.54, 1.807) is 79.7 Å². The van der Waals surface area contributed by atoms with Gasteiger partial charge in [-0.1, -0.05) is 30.3 Å². The summed E-state index contributed by atoms with van der Waals surface area (Å²) >= 11 is 0. The zero-order chi connectivity index (χ0) is 23.4. The van der Waals surface area contributed by atoms with Gasteiger partial charge in [0.05, 0.1) is 28.4 Å². The van der Waals surface area contributed by atoms with Crippen LogP contribution in [0.3, 0.4) is 0 Å². The lowest BCUT2D eigenvalue weighted by atomic mass is 10.1. The number of ether oxygens (including phenoxy) is 1. The topological polar surface area (TPSA) is 105 Å². The van der Waals surface area contributed by atoms with Crippen molar-refractivity contribution in [3.63, 3.8) is 0 Å². The van der Waals surface area contributed by atoms with Gasteiger partial charge < -0.3 is 15.4 Å². The van der Waals surface area contributed by atoms with Crippen LogP contribution in [0.15, 0.2) is 77.7 Å². The monoisotopic (exact) mass is 465 g/mol. The number of sulfonamides is 1. The number of fused-ring (bicyclic) bond motifs is 1. The number of nitrogens with zero attached hydrogens (tertiary/aromatic N) is 1. The Balaban J connectivity index is 1.49. The first-order valence-electron chi connectivity index (χ1n) is 10.4. The average molecular weight is 466 g/mol. The van der Waals surface area contributed by atoms with E-state index in [-0.39, 0.29) is 17.1 Å². The van der Waals surface area contributed by atoms with Crippen molar-refractivity contribution in [1.82, 2.24) is 0 Å². The molecule has 8 nitrogen and oxygen atoms in total. The van der Waals surface area contributed by atoms with Crippen molar-refractivity contribution in [2.24, 2.45) is 0 Å². The summed E-state index contributed by atoms with van der Waals surface area (Å²) in [6, 6.07) is 19.4. The fraction of sp³-hybridized carbons (Fsp3) is 0.167. The van der Waals surface area contributed by atoms with Crippen molar-refractivity contribution in [1.29, 1.82) is 0 Å². The molecule has 3 aromatic rings. The molecule has 0 bridgehead atoms. The standard InChI is InChI=1S/C24H23N3O5S/c1-2-32-23(28)20-10-6-7-11-21(20)26-24(29)25-18-12-13-22-17(16-18)14-15-27(22)33(30,31)19-8-4-3-5-9-19/h3-13,16H,2,14-15H2,1H3,(H2,25,26,29). The SMILES string of the molecule is CCOC(=O)c1ccccc1NC(=O)Nc1ccc2c(c1)CCN2S(=O)(=O)c1ccccc1. The summed E-state index contributed by atoms with van der Waals surface area (Å²) < 4.78 is 32.4. The predicted molar refractivity (Wildman–Crippen MR) is 126 cm³/mol. The molecule has 1 aliphatic heterocycles. The Labute approximate surface area is 192 Å². The Morgan fingerprint density at radius 1 is 0.970 bits per heavy atom. The Kier molecular flexibility index (Phi) is 6.32. The van der Waals surface area contributed by atoms with Gasteiger partial charge in [0, 0.05) is 12.2 Å². The number of carbonyl (C=O) groups is 2. The average Bonchev–Trinajstić information content (AvgIpc) is 3.24. The second-order valence-corrected chi connectivity index (χ2v) is 9.19. The number of amides is 2. The molecule has 2 N–H and O–H groups in total. The molecule has 33 heavy (non-hydrogen) atoms. The summed E-state index contributed by atoms with van der Waals surface area (Å²) in [5.74, 6) is -0.523. The molecule has 0 saturated heterocycles. The maximum Gasteiger partial charge on any atom is 0.340 e. The van der Waals surface area contributed by atoms with E-state index in [2.05, 4.69) is 10.6 Å². The number of rotatable bonds is 6. The summed E-state index contributed by atoms with van der Waals surface area (Å²) in [4.78, 5) is 24.9. The molecule has 0 radical (unpaired) electrons. The first-order valence-corrected chi connectivity index (χ1v) is 11.9. The van der Waals surface area contributed by atoms with Crippen LogP contribution in [0.25, 0.3) is 0 Å². The van der Waals surface area contributed by atoms with E-state index in [1.165, 1.54) is 4.31 Å². The van der Waals surface area contributed by atoms with Gasteiger partial charge >= 0.3 is 12.0 Å². The molecule has 2 amide bonds. The second-order valence-electron chi connectivity index (χ2n) is 7.33. The minimum atomic E-state index is -3.66. The third-order valence-electron chi connectivity index (χ3n) is 5.19. The van der Waals surface area contributed by atoms with E-state index in [0.29, 0.717) is 30.0 Å². The summed E-state index contributed by atoms with van der Waals surface area (Å²) in [5.41, 5.74) is 2.51. The molecule has 3 aromatic carbocycles. The molecule has 0 atom stereocenters. The van der Waals surface area contributed by atoms with Crippen LogP contribution in [0.5, 0.6) is 0 Å². The van der Waals surface area contributed by atoms with Gasteiger partial charge in [0.15, 0.2) is 0 Å². The summed E-state index contributed by atoms with van der Waals surface area (Å²) in [5, 5.41) is 5.40. The van der Waals surface area contributed by atoms with Crippen LogP contribution in [0.1, 0.15) is 22.8 Å². The van der Waals surface area contributed by atoms with E-state index < -0.39 is 22.0 Å². The molecule has 9 heteroatoms. The smallest absolute Gasteiger partial charge is 0.340 e. The summed E-state index contributed by atoms with van der Waals surface area (Å²) in [7, 11) is -3.66. The van der Waals surface area contributed by atoms with Crippen LogP contribution in [0.4, 0.5) is 21.9 Å². The molecule has 4 rings (SSSR count). The maximum absolute atomic E-state index is 13.0. The van der Waals surface area contributed by atoms with Gasteiger partial charge in [-0.3, -0.25) is 4.31 Å². The largest absolute Gasteiger partial charge is 0.462 e. The number of hydrogen-bond donors (Lipinski definition) is 2. The molecular weight excluding hydrogens is 442 g/mol. The number of anilines is 3. The Morgan fingerprint density at radius 3 is 2.45 bits per heavy atom. The van der Waals surface area contributed by atoms with Crippen molar-refractivity contribution in [3.05, 3.63) is 83.9 Å². The van der Waals surface area contributed by atoms with Crippen LogP contribution >= 0.6 is 0 Å². The van der Waals surface area contributed by atoms with Crippen molar-refractivity contribution < 1.29 is 22.7 Å². The first kappa shape index (κ1) is 22.3. The van der Waals surface area contributed by atoms with Crippen molar-refractivity contribution in [2.45, 2.75) is 18.2 Å². The van der Waals surface area contributed by atoms with E-state index in [9.17, 15) is 18.0 Å². The number of para-hydroxylation sites is 1.